The zero-order chi connectivity index (χ0) is 28.5. The lowest BCUT2D eigenvalue weighted by Crippen LogP contribution is -2.51. The third-order valence-corrected chi connectivity index (χ3v) is 8.48. The molecular formula is C27H31F3N2O6S. The standard InChI is InChI=1S/C27H31F3N2O6S/c1-4-19-9-11-22(32(19)26(34)21-13-20(39(3,35)36)10-12-23(21)37-2)25(33)31-24(17-14-38-15-17)16-5-7-18(8-6-16)27(28,29)30/h5-8,10,12-13,17,19,22,24H,4,9,11,14-15H2,1-3H3,(H,31,33)/t19-,22-,24?/m1/s1. The Morgan fingerprint density at radius 1 is 1.13 bits per heavy atom. The summed E-state index contributed by atoms with van der Waals surface area (Å²) in [5.41, 5.74) is -0.245. The average molecular weight is 569 g/mol. The summed E-state index contributed by atoms with van der Waals surface area (Å²) < 4.78 is 74.1. The summed E-state index contributed by atoms with van der Waals surface area (Å²) in [6, 6.07) is 6.95. The number of alkyl halides is 3. The predicted molar refractivity (Wildman–Crippen MR) is 136 cm³/mol. The Morgan fingerprint density at radius 2 is 1.79 bits per heavy atom. The summed E-state index contributed by atoms with van der Waals surface area (Å²) in [5, 5.41) is 2.96. The first-order chi connectivity index (χ1) is 18.3. The number of hydrogen-bond donors (Lipinski definition) is 1. The van der Waals surface area contributed by atoms with Gasteiger partial charge in [0.25, 0.3) is 5.91 Å². The van der Waals surface area contributed by atoms with Gasteiger partial charge in [0, 0.05) is 18.2 Å². The Bertz CT molecular complexity index is 1330. The van der Waals surface area contributed by atoms with Crippen molar-refractivity contribution in [3.63, 3.8) is 0 Å². The smallest absolute Gasteiger partial charge is 0.416 e. The van der Waals surface area contributed by atoms with E-state index in [-0.39, 0.29) is 28.2 Å². The quantitative estimate of drug-likeness (QED) is 0.517. The molecule has 8 nitrogen and oxygen atoms in total. The van der Waals surface area contributed by atoms with Crippen LogP contribution in [-0.4, -0.2) is 63.8 Å². The fourth-order valence-corrected chi connectivity index (χ4v) is 5.77. The second-order valence-corrected chi connectivity index (χ2v) is 11.9. The summed E-state index contributed by atoms with van der Waals surface area (Å²) in [6.07, 6.45) is -1.93. The van der Waals surface area contributed by atoms with Crippen molar-refractivity contribution in [2.75, 3.05) is 26.6 Å². The average Bonchev–Trinajstić information content (AvgIpc) is 3.30. The SMILES string of the molecule is CC[C@@H]1CC[C@H](C(=O)NC(c2ccc(C(F)(F)F)cc2)C2COC2)N1C(=O)c1cc(S(C)(=O)=O)ccc1OC. The third-order valence-electron chi connectivity index (χ3n) is 7.37. The summed E-state index contributed by atoms with van der Waals surface area (Å²) >= 11 is 0. The number of halogens is 3. The number of sulfone groups is 1. The molecule has 0 spiro atoms. The highest BCUT2D eigenvalue weighted by atomic mass is 32.2. The molecular weight excluding hydrogens is 537 g/mol. The number of carbonyl (C=O) groups is 2. The highest BCUT2D eigenvalue weighted by molar-refractivity contribution is 7.90. The van der Waals surface area contributed by atoms with Crippen molar-refractivity contribution in [3.8, 4) is 5.75 Å². The molecule has 12 heteroatoms. The number of amides is 2. The van der Waals surface area contributed by atoms with E-state index in [1.54, 1.807) is 0 Å². The van der Waals surface area contributed by atoms with Crippen LogP contribution in [0.15, 0.2) is 47.4 Å². The minimum Gasteiger partial charge on any atom is -0.496 e. The normalized spacial score (nSPS) is 20.8. The molecule has 0 aliphatic carbocycles. The van der Waals surface area contributed by atoms with Gasteiger partial charge in [-0.25, -0.2) is 8.42 Å². The number of likely N-dealkylation sites (tertiary alicyclic amines) is 1. The molecule has 2 heterocycles. The molecule has 212 valence electrons. The van der Waals surface area contributed by atoms with Crippen molar-refractivity contribution in [1.29, 1.82) is 0 Å². The van der Waals surface area contributed by atoms with Crippen LogP contribution in [-0.2, 0) is 25.5 Å². The molecule has 1 N–H and O–H groups in total. The van der Waals surface area contributed by atoms with Crippen LogP contribution >= 0.6 is 0 Å². The van der Waals surface area contributed by atoms with Gasteiger partial charge >= 0.3 is 6.18 Å². The number of nitrogens with zero attached hydrogens (tertiary/aromatic N) is 1. The van der Waals surface area contributed by atoms with Gasteiger partial charge < -0.3 is 19.7 Å². The fourth-order valence-electron chi connectivity index (χ4n) is 5.12. The Hall–Kier alpha value is -3.12. The molecule has 0 radical (unpaired) electrons. The van der Waals surface area contributed by atoms with E-state index in [2.05, 4.69) is 5.32 Å². The molecule has 2 aliphatic rings. The molecule has 2 fully saturated rings. The number of benzene rings is 2. The van der Waals surface area contributed by atoms with Crippen LogP contribution in [0.2, 0.25) is 0 Å². The van der Waals surface area contributed by atoms with Gasteiger partial charge in [0.05, 0.1) is 42.4 Å². The lowest BCUT2D eigenvalue weighted by atomic mass is 9.90. The highest BCUT2D eigenvalue weighted by Gasteiger charge is 2.43. The van der Waals surface area contributed by atoms with Crippen molar-refractivity contribution in [3.05, 3.63) is 59.2 Å². The Kier molecular flexibility index (Phi) is 8.27. The maximum atomic E-state index is 13.8. The van der Waals surface area contributed by atoms with Crippen LogP contribution in [0.5, 0.6) is 5.75 Å². The van der Waals surface area contributed by atoms with Gasteiger partial charge in [-0.05, 0) is 55.2 Å². The van der Waals surface area contributed by atoms with E-state index in [9.17, 15) is 31.2 Å². The largest absolute Gasteiger partial charge is 0.496 e. The van der Waals surface area contributed by atoms with Crippen molar-refractivity contribution in [2.24, 2.45) is 5.92 Å². The minimum absolute atomic E-state index is 0.0326. The third kappa shape index (κ3) is 6.06. The summed E-state index contributed by atoms with van der Waals surface area (Å²) in [7, 11) is -2.24. The first kappa shape index (κ1) is 28.9. The van der Waals surface area contributed by atoms with Gasteiger partial charge in [-0.2, -0.15) is 13.2 Å². The molecule has 39 heavy (non-hydrogen) atoms. The predicted octanol–water partition coefficient (Wildman–Crippen LogP) is 4.00. The van der Waals surface area contributed by atoms with E-state index in [0.29, 0.717) is 38.0 Å². The molecule has 2 aliphatic heterocycles. The maximum absolute atomic E-state index is 13.8. The van der Waals surface area contributed by atoms with E-state index in [0.717, 1.165) is 18.4 Å². The van der Waals surface area contributed by atoms with Gasteiger partial charge in [-0.15, -0.1) is 0 Å². The molecule has 2 aromatic carbocycles. The second kappa shape index (κ2) is 11.2. The van der Waals surface area contributed by atoms with Crippen molar-refractivity contribution in [1.82, 2.24) is 10.2 Å². The molecule has 1 unspecified atom stereocenters. The van der Waals surface area contributed by atoms with Gasteiger partial charge in [0.2, 0.25) is 5.91 Å². The molecule has 0 bridgehead atoms. The van der Waals surface area contributed by atoms with E-state index in [1.807, 2.05) is 6.92 Å². The summed E-state index contributed by atoms with van der Waals surface area (Å²) in [6.45, 7) is 2.57. The minimum atomic E-state index is -4.48. The second-order valence-electron chi connectivity index (χ2n) is 9.91. The number of methoxy groups -OCH3 is 1. The molecule has 2 aromatic rings. The number of rotatable bonds is 8. The molecule has 0 saturated carbocycles. The zero-order valence-electron chi connectivity index (χ0n) is 21.8. The number of nitrogens with one attached hydrogen (secondary N) is 1. The van der Waals surface area contributed by atoms with Crippen molar-refractivity contribution < 1.29 is 40.7 Å². The lowest BCUT2D eigenvalue weighted by Gasteiger charge is -2.36. The van der Waals surface area contributed by atoms with E-state index in [1.165, 1.54) is 42.3 Å². The van der Waals surface area contributed by atoms with E-state index in [4.69, 9.17) is 9.47 Å². The van der Waals surface area contributed by atoms with Gasteiger partial charge in [-0.1, -0.05) is 19.1 Å². The number of ether oxygens (including phenoxy) is 2. The lowest BCUT2D eigenvalue weighted by molar-refractivity contribution is -0.137. The first-order valence-corrected chi connectivity index (χ1v) is 14.5. The highest BCUT2D eigenvalue weighted by Crippen LogP contribution is 2.35. The first-order valence-electron chi connectivity index (χ1n) is 12.6. The van der Waals surface area contributed by atoms with Crippen LogP contribution in [0.25, 0.3) is 0 Å². The Balaban J connectivity index is 1.63. The molecule has 0 aromatic heterocycles. The van der Waals surface area contributed by atoms with Gasteiger partial charge in [0.1, 0.15) is 11.8 Å². The number of hydrogen-bond acceptors (Lipinski definition) is 6. The Morgan fingerprint density at radius 3 is 2.31 bits per heavy atom. The summed E-state index contributed by atoms with van der Waals surface area (Å²) in [4.78, 5) is 28.9. The fraction of sp³-hybridized carbons (Fsp3) is 0.481. The van der Waals surface area contributed by atoms with Crippen LogP contribution in [0.1, 0.15) is 53.7 Å². The molecule has 2 saturated heterocycles. The molecule has 3 atom stereocenters. The van der Waals surface area contributed by atoms with E-state index >= 15 is 0 Å². The number of carbonyl (C=O) groups excluding carboxylic acids is 2. The van der Waals surface area contributed by atoms with Crippen LogP contribution < -0.4 is 10.1 Å². The van der Waals surface area contributed by atoms with E-state index < -0.39 is 45.5 Å². The van der Waals surface area contributed by atoms with Crippen LogP contribution in [0, 0.1) is 5.92 Å². The van der Waals surface area contributed by atoms with Crippen molar-refractivity contribution >= 4 is 21.7 Å². The van der Waals surface area contributed by atoms with Gasteiger partial charge in [-0.3, -0.25) is 9.59 Å². The van der Waals surface area contributed by atoms with Crippen LogP contribution in [0.3, 0.4) is 0 Å². The van der Waals surface area contributed by atoms with Crippen molar-refractivity contribution in [2.45, 2.75) is 55.4 Å². The monoisotopic (exact) mass is 568 g/mol. The topological polar surface area (TPSA) is 102 Å². The van der Waals surface area contributed by atoms with Gasteiger partial charge in [0.15, 0.2) is 9.84 Å². The van der Waals surface area contributed by atoms with Crippen LogP contribution in [0.4, 0.5) is 13.2 Å². The summed E-state index contributed by atoms with van der Waals surface area (Å²) in [5.74, 6) is -0.915. The Labute approximate surface area is 225 Å². The zero-order valence-corrected chi connectivity index (χ0v) is 22.6. The molecule has 4 rings (SSSR count). The molecule has 2 amide bonds. The maximum Gasteiger partial charge on any atom is 0.416 e.